The largest absolute Gasteiger partial charge is 0.460 e. The van der Waals surface area contributed by atoms with Crippen molar-refractivity contribution in [2.45, 2.75) is 44.2 Å². The van der Waals surface area contributed by atoms with Gasteiger partial charge in [0, 0.05) is 10.0 Å². The molecule has 1 aliphatic rings. The van der Waals surface area contributed by atoms with Crippen LogP contribution in [-0.2, 0) is 19.9 Å². The van der Waals surface area contributed by atoms with Crippen molar-refractivity contribution in [3.05, 3.63) is 34.3 Å². The molecule has 0 spiro atoms. The molecule has 0 saturated carbocycles. The average molecular weight is 394 g/mol. The van der Waals surface area contributed by atoms with Gasteiger partial charge in [-0.1, -0.05) is 34.1 Å². The number of hydrogen-bond donors (Lipinski definition) is 0. The van der Waals surface area contributed by atoms with Crippen molar-refractivity contribution >= 4 is 28.3 Å². The van der Waals surface area contributed by atoms with Crippen LogP contribution in [0.2, 0.25) is 0 Å². The molecule has 0 N–H and O–H groups in total. The summed E-state index contributed by atoms with van der Waals surface area (Å²) in [5.74, 6) is -1.10. The van der Waals surface area contributed by atoms with Gasteiger partial charge in [0.15, 0.2) is 6.40 Å². The Bertz CT molecular complexity index is 640. The first-order valence-corrected chi connectivity index (χ1v) is 7.52. The molecule has 1 heterocycles. The molecular formula is C15H15BrF3NO3. The first-order chi connectivity index (χ1) is 10.5. The highest BCUT2D eigenvalue weighted by Gasteiger charge is 2.68. The minimum atomic E-state index is -4.88. The Morgan fingerprint density at radius 1 is 1.30 bits per heavy atom. The maximum atomic E-state index is 13.9. The molecule has 0 saturated heterocycles. The Labute approximate surface area is 139 Å². The minimum absolute atomic E-state index is 0.163. The van der Waals surface area contributed by atoms with Crippen LogP contribution in [0, 0.1) is 0 Å². The van der Waals surface area contributed by atoms with Gasteiger partial charge in [-0.3, -0.25) is 0 Å². The summed E-state index contributed by atoms with van der Waals surface area (Å²) in [5, 5.41) is 0. The molecule has 23 heavy (non-hydrogen) atoms. The summed E-state index contributed by atoms with van der Waals surface area (Å²) in [5.41, 5.74) is -4.10. The molecule has 1 aromatic rings. The molecule has 0 radical (unpaired) electrons. The summed E-state index contributed by atoms with van der Waals surface area (Å²) >= 11 is 3.08. The number of halogens is 4. The quantitative estimate of drug-likeness (QED) is 0.714. The number of esters is 1. The zero-order valence-electron chi connectivity index (χ0n) is 12.6. The Morgan fingerprint density at radius 3 is 2.43 bits per heavy atom. The fourth-order valence-electron chi connectivity index (χ4n) is 2.28. The van der Waals surface area contributed by atoms with Gasteiger partial charge in [-0.25, -0.2) is 9.79 Å². The van der Waals surface area contributed by atoms with Crippen LogP contribution in [0.4, 0.5) is 13.2 Å². The predicted octanol–water partition coefficient (Wildman–Crippen LogP) is 3.98. The first kappa shape index (κ1) is 17.8. The number of benzene rings is 1. The van der Waals surface area contributed by atoms with E-state index in [1.807, 2.05) is 0 Å². The van der Waals surface area contributed by atoms with Crippen LogP contribution >= 0.6 is 15.9 Å². The van der Waals surface area contributed by atoms with Gasteiger partial charge in [-0.05, 0) is 26.8 Å². The standard InChI is InChI=1S/C15H15BrF3NO3/c1-13(2,3)23-12(21)11-14(15(17,18)19,22-8-20-11)9-6-4-5-7-10(9)16/h4-8,11H,1-3H3/t11-,14+/m1/s1. The van der Waals surface area contributed by atoms with E-state index in [9.17, 15) is 18.0 Å². The highest BCUT2D eigenvalue weighted by Crippen LogP contribution is 2.50. The van der Waals surface area contributed by atoms with Gasteiger partial charge in [0.2, 0.25) is 6.04 Å². The van der Waals surface area contributed by atoms with Crippen molar-refractivity contribution in [1.29, 1.82) is 0 Å². The van der Waals surface area contributed by atoms with Crippen LogP contribution in [0.5, 0.6) is 0 Å². The monoisotopic (exact) mass is 393 g/mol. The molecule has 8 heteroatoms. The van der Waals surface area contributed by atoms with E-state index >= 15 is 0 Å². The number of ether oxygens (including phenoxy) is 2. The SMILES string of the molecule is CC(C)(C)OC(=O)[C@H]1N=CO[C@]1(c1ccccc1Br)C(F)(F)F. The molecule has 1 aliphatic heterocycles. The lowest BCUT2D eigenvalue weighted by molar-refractivity contribution is -0.261. The summed E-state index contributed by atoms with van der Waals surface area (Å²) < 4.78 is 51.8. The van der Waals surface area contributed by atoms with Crippen molar-refractivity contribution in [2.75, 3.05) is 0 Å². The maximum Gasteiger partial charge on any atom is 0.435 e. The number of rotatable bonds is 2. The van der Waals surface area contributed by atoms with Crippen molar-refractivity contribution in [3.63, 3.8) is 0 Å². The zero-order valence-corrected chi connectivity index (χ0v) is 14.2. The molecule has 0 aliphatic carbocycles. The van der Waals surface area contributed by atoms with Gasteiger partial charge in [-0.15, -0.1) is 0 Å². The second kappa shape index (κ2) is 5.81. The Morgan fingerprint density at radius 2 is 1.91 bits per heavy atom. The maximum absolute atomic E-state index is 13.9. The highest BCUT2D eigenvalue weighted by molar-refractivity contribution is 9.10. The number of carbonyl (C=O) groups excluding carboxylic acids is 1. The number of aliphatic imine (C=N–C) groups is 1. The van der Waals surface area contributed by atoms with E-state index in [0.717, 1.165) is 0 Å². The van der Waals surface area contributed by atoms with Crippen molar-refractivity contribution in [3.8, 4) is 0 Å². The third-order valence-corrected chi connectivity index (χ3v) is 3.85. The van der Waals surface area contributed by atoms with Crippen molar-refractivity contribution in [2.24, 2.45) is 4.99 Å². The van der Waals surface area contributed by atoms with E-state index < -0.39 is 29.4 Å². The Kier molecular flexibility index (Phi) is 4.49. The van der Waals surface area contributed by atoms with Crippen molar-refractivity contribution < 1.29 is 27.4 Å². The number of alkyl halides is 3. The van der Waals surface area contributed by atoms with Crippen LogP contribution in [0.15, 0.2) is 33.7 Å². The number of hydrogen-bond acceptors (Lipinski definition) is 4. The fourth-order valence-corrected chi connectivity index (χ4v) is 2.86. The lowest BCUT2D eigenvalue weighted by Gasteiger charge is -2.35. The Balaban J connectivity index is 2.56. The van der Waals surface area contributed by atoms with Crippen molar-refractivity contribution in [1.82, 2.24) is 0 Å². The molecule has 1 aromatic carbocycles. The zero-order chi connectivity index (χ0) is 17.5. The van der Waals surface area contributed by atoms with Crippen LogP contribution < -0.4 is 0 Å². The second-order valence-corrected chi connectivity index (χ2v) is 6.88. The number of carbonyl (C=O) groups is 1. The summed E-state index contributed by atoms with van der Waals surface area (Å²) in [4.78, 5) is 15.9. The van der Waals surface area contributed by atoms with Crippen LogP contribution in [0.3, 0.4) is 0 Å². The van der Waals surface area contributed by atoms with Gasteiger partial charge in [0.25, 0.3) is 5.60 Å². The van der Waals surface area contributed by atoms with Crippen LogP contribution in [-0.4, -0.2) is 30.2 Å². The van der Waals surface area contributed by atoms with E-state index in [1.165, 1.54) is 18.2 Å². The van der Waals surface area contributed by atoms with Gasteiger partial charge in [0.1, 0.15) is 5.60 Å². The van der Waals surface area contributed by atoms with E-state index in [0.29, 0.717) is 6.40 Å². The minimum Gasteiger partial charge on any atom is -0.460 e. The molecule has 0 amide bonds. The van der Waals surface area contributed by atoms with E-state index in [2.05, 4.69) is 20.9 Å². The van der Waals surface area contributed by atoms with Crippen LogP contribution in [0.1, 0.15) is 26.3 Å². The predicted molar refractivity (Wildman–Crippen MR) is 81.1 cm³/mol. The van der Waals surface area contributed by atoms with Gasteiger partial charge in [-0.2, -0.15) is 13.2 Å². The third-order valence-electron chi connectivity index (χ3n) is 3.16. The molecule has 4 nitrogen and oxygen atoms in total. The number of nitrogens with zero attached hydrogens (tertiary/aromatic N) is 1. The third kappa shape index (κ3) is 3.22. The van der Waals surface area contributed by atoms with Gasteiger partial charge < -0.3 is 9.47 Å². The lowest BCUT2D eigenvalue weighted by Crippen LogP contribution is -2.54. The summed E-state index contributed by atoms with van der Waals surface area (Å²) in [6.07, 6.45) is -4.23. The normalized spacial score (nSPS) is 24.4. The molecule has 0 fully saturated rings. The van der Waals surface area contributed by atoms with E-state index in [-0.39, 0.29) is 10.0 Å². The molecule has 0 aromatic heterocycles. The lowest BCUT2D eigenvalue weighted by atomic mass is 9.85. The highest BCUT2D eigenvalue weighted by atomic mass is 79.9. The Hall–Kier alpha value is -1.57. The summed E-state index contributed by atoms with van der Waals surface area (Å²) in [7, 11) is 0. The summed E-state index contributed by atoms with van der Waals surface area (Å²) in [6.45, 7) is 4.70. The van der Waals surface area contributed by atoms with Gasteiger partial charge in [0.05, 0.1) is 0 Å². The topological polar surface area (TPSA) is 47.9 Å². The molecule has 0 unspecified atom stereocenters. The summed E-state index contributed by atoms with van der Waals surface area (Å²) in [6, 6.07) is 3.80. The molecule has 0 bridgehead atoms. The van der Waals surface area contributed by atoms with E-state index in [4.69, 9.17) is 9.47 Å². The fraction of sp³-hybridized carbons (Fsp3) is 0.467. The van der Waals surface area contributed by atoms with E-state index in [1.54, 1.807) is 26.8 Å². The first-order valence-electron chi connectivity index (χ1n) is 6.73. The average Bonchev–Trinajstić information content (AvgIpc) is 2.82. The van der Waals surface area contributed by atoms with Gasteiger partial charge >= 0.3 is 12.1 Å². The molecule has 2 atom stereocenters. The second-order valence-electron chi connectivity index (χ2n) is 6.02. The molecular weight excluding hydrogens is 379 g/mol. The molecule has 126 valence electrons. The molecule has 2 rings (SSSR count). The van der Waals surface area contributed by atoms with Crippen LogP contribution in [0.25, 0.3) is 0 Å². The smallest absolute Gasteiger partial charge is 0.435 e.